The molecule has 18 heteroatoms. The summed E-state index contributed by atoms with van der Waals surface area (Å²) in [6.45, 7) is 0.665. The lowest BCUT2D eigenvalue weighted by Gasteiger charge is -2.37. The van der Waals surface area contributed by atoms with Crippen LogP contribution in [0, 0.1) is 0 Å². The minimum atomic E-state index is -3.69. The third-order valence-corrected chi connectivity index (χ3v) is 17.5. The van der Waals surface area contributed by atoms with Gasteiger partial charge < -0.3 is 28.0 Å². The number of rotatable bonds is 16. The summed E-state index contributed by atoms with van der Waals surface area (Å²) in [5, 5.41) is 0. The van der Waals surface area contributed by atoms with Gasteiger partial charge in [-0.3, -0.25) is 14.3 Å². The second-order valence-corrected chi connectivity index (χ2v) is 21.7. The molecule has 0 unspecified atom stereocenters. The first-order valence-electron chi connectivity index (χ1n) is 24.4. The number of fused-ring (bicyclic) bond motifs is 2. The Hall–Kier alpha value is -7.08. The number of sulfone groups is 1. The van der Waals surface area contributed by atoms with Crippen molar-refractivity contribution in [2.45, 2.75) is 60.3 Å². The number of ether oxygens (including phenoxy) is 4. The number of aromatic nitrogens is 4. The van der Waals surface area contributed by atoms with Gasteiger partial charge in [-0.05, 0) is 90.2 Å². The smallest absolute Gasteiger partial charge is 0.341 e. The fraction of sp³-hybridized carbons (Fsp3) is 0.250. The molecule has 3 fully saturated rings. The van der Waals surface area contributed by atoms with Gasteiger partial charge in [0.15, 0.2) is 21.0 Å². The number of benzene rings is 6. The van der Waals surface area contributed by atoms with Gasteiger partial charge >= 0.3 is 6.03 Å². The summed E-state index contributed by atoms with van der Waals surface area (Å²) in [5.74, 6) is 1.16. The highest BCUT2D eigenvalue weighted by atomic mass is 32.2. The maximum Gasteiger partial charge on any atom is 0.341 e. The average Bonchev–Trinajstić information content (AvgIpc) is 4.26. The molecule has 6 atom stereocenters. The predicted octanol–water partition coefficient (Wildman–Crippen LogP) is 9.66. The van der Waals surface area contributed by atoms with E-state index in [1.165, 1.54) is 17.6 Å². The van der Waals surface area contributed by atoms with Crippen molar-refractivity contribution in [1.82, 2.24) is 23.8 Å². The van der Waals surface area contributed by atoms with E-state index in [2.05, 4.69) is 9.65 Å². The average molecular weight is 1030 g/mol. The zero-order chi connectivity index (χ0) is 50.8. The highest BCUT2D eigenvalue weighted by Gasteiger charge is 2.51. The molecular weight excluding hydrogens is 980 g/mol. The van der Waals surface area contributed by atoms with E-state index in [1.54, 1.807) is 73.4 Å². The van der Waals surface area contributed by atoms with Crippen LogP contribution in [0.25, 0.3) is 11.2 Å². The molecule has 0 saturated carbocycles. The lowest BCUT2D eigenvalue weighted by Crippen LogP contribution is -2.38. The van der Waals surface area contributed by atoms with Gasteiger partial charge in [-0.25, -0.2) is 32.4 Å². The maximum atomic E-state index is 14.4. The van der Waals surface area contributed by atoms with E-state index >= 15 is 0 Å². The van der Waals surface area contributed by atoms with Crippen LogP contribution in [0.1, 0.15) is 42.2 Å². The number of carbonyl (C=O) groups is 1. The van der Waals surface area contributed by atoms with Crippen molar-refractivity contribution in [3.8, 4) is 11.5 Å². The van der Waals surface area contributed by atoms with Crippen LogP contribution in [0.15, 0.2) is 192 Å². The molecule has 3 aliphatic rings. The Balaban J connectivity index is 0.950. The lowest BCUT2D eigenvalue weighted by molar-refractivity contribution is -0.0906. The molecule has 0 bridgehead atoms. The van der Waals surface area contributed by atoms with Crippen LogP contribution in [0.5, 0.6) is 11.5 Å². The number of nitrogens with zero attached hydrogens (tertiary/aromatic N) is 6. The SMILES string of the molecule is COc1ccc(C(OC[C@H]2O[C@@H](n3cnc4c(=O)n(C(=O)N(c5ccccc5)c5ccccc5)cnc43)C[C@@H]2O[P@@]2O[C@@H](CS(=O)(=O)c3ccccc3)[C@H]3CCCN32)(c2ccccc2)c2ccc(OC)cc2)cc1. The molecule has 3 aliphatic heterocycles. The van der Waals surface area contributed by atoms with E-state index in [0.29, 0.717) is 29.4 Å². The third-order valence-electron chi connectivity index (χ3n) is 13.9. The normalized spacial score (nSPS) is 20.9. The van der Waals surface area contributed by atoms with Gasteiger partial charge in [0.05, 0.1) is 61.4 Å². The highest BCUT2D eigenvalue weighted by molar-refractivity contribution is 7.91. The Bertz CT molecular complexity index is 3310. The quantitative estimate of drug-likeness (QED) is 0.0664. The molecule has 0 spiro atoms. The molecule has 1 amide bonds. The van der Waals surface area contributed by atoms with Gasteiger partial charge in [0.1, 0.15) is 35.8 Å². The molecule has 5 heterocycles. The van der Waals surface area contributed by atoms with Crippen molar-refractivity contribution < 1.29 is 41.2 Å². The first-order chi connectivity index (χ1) is 36.1. The third kappa shape index (κ3) is 9.41. The minimum Gasteiger partial charge on any atom is -0.497 e. The second-order valence-electron chi connectivity index (χ2n) is 18.2. The Kier molecular flexibility index (Phi) is 14.0. The fourth-order valence-electron chi connectivity index (χ4n) is 10.2. The highest BCUT2D eigenvalue weighted by Crippen LogP contribution is 2.58. The van der Waals surface area contributed by atoms with Crippen LogP contribution >= 0.6 is 8.53 Å². The largest absolute Gasteiger partial charge is 0.497 e. The van der Waals surface area contributed by atoms with Crippen molar-refractivity contribution in [3.05, 3.63) is 210 Å². The Morgan fingerprint density at radius 2 is 1.30 bits per heavy atom. The molecule has 0 N–H and O–H groups in total. The van der Waals surface area contributed by atoms with E-state index in [9.17, 15) is 18.0 Å². The van der Waals surface area contributed by atoms with E-state index in [0.717, 1.165) is 34.1 Å². The van der Waals surface area contributed by atoms with Crippen molar-refractivity contribution in [2.24, 2.45) is 0 Å². The maximum absolute atomic E-state index is 14.4. The van der Waals surface area contributed by atoms with Gasteiger partial charge in [0.2, 0.25) is 0 Å². The van der Waals surface area contributed by atoms with Gasteiger partial charge in [-0.2, -0.15) is 0 Å². The standard InChI is InChI=1S/C56H53N6O10PS/c1-67-44-29-25-40(26-30-44)56(39-16-7-3-8-17-39,41-27-31-45(68-2)32-28-41)69-35-49-48(71-73-61-33-15-24-47(61)50(72-73)36-74(65,66)46-22-13-6-14-23-46)34-51(70-49)59-37-57-52-53(59)58-38-60(54(52)63)55(64)62(42-18-9-4-10-19-42)43-20-11-5-12-21-43/h3-14,16-23,25-32,37-38,47-51H,15,24,33-36H2,1-2H3/t47-,48+,49-,50+,51-,73+/m1/s1. The molecule has 0 radical (unpaired) electrons. The molecule has 378 valence electrons. The van der Waals surface area contributed by atoms with E-state index in [-0.39, 0.29) is 40.9 Å². The van der Waals surface area contributed by atoms with E-state index in [1.807, 2.05) is 115 Å². The van der Waals surface area contributed by atoms with Crippen LogP contribution in [0.2, 0.25) is 0 Å². The number of para-hydroxylation sites is 2. The van der Waals surface area contributed by atoms with Crippen molar-refractivity contribution >= 4 is 46.9 Å². The Morgan fingerprint density at radius 1 is 0.730 bits per heavy atom. The fourth-order valence-corrected chi connectivity index (χ4v) is 13.8. The molecule has 16 nitrogen and oxygen atoms in total. The van der Waals surface area contributed by atoms with Crippen LogP contribution in [-0.4, -0.2) is 95.7 Å². The monoisotopic (exact) mass is 1030 g/mol. The summed E-state index contributed by atoms with van der Waals surface area (Å²) in [5.41, 5.74) is 1.93. The number of hydrogen-bond acceptors (Lipinski definition) is 13. The number of amides is 1. The van der Waals surface area contributed by atoms with E-state index < -0.39 is 60.1 Å². The topological polar surface area (TPSA) is 166 Å². The van der Waals surface area contributed by atoms with Gasteiger partial charge in [0.25, 0.3) is 14.1 Å². The van der Waals surface area contributed by atoms with Crippen LogP contribution < -0.4 is 19.9 Å². The molecule has 6 aromatic carbocycles. The Morgan fingerprint density at radius 3 is 1.89 bits per heavy atom. The summed E-state index contributed by atoms with van der Waals surface area (Å²) < 4.78 is 71.7. The summed E-state index contributed by atoms with van der Waals surface area (Å²) in [6.07, 6.45) is 1.74. The summed E-state index contributed by atoms with van der Waals surface area (Å²) in [6, 6.07) is 51.2. The zero-order valence-corrected chi connectivity index (χ0v) is 42.3. The van der Waals surface area contributed by atoms with Crippen molar-refractivity contribution in [1.29, 1.82) is 0 Å². The molecule has 2 aromatic heterocycles. The van der Waals surface area contributed by atoms with Gasteiger partial charge in [-0.1, -0.05) is 109 Å². The molecule has 0 aliphatic carbocycles. The second kappa shape index (κ2) is 21.0. The number of methoxy groups -OCH3 is 2. The first kappa shape index (κ1) is 49.1. The summed E-state index contributed by atoms with van der Waals surface area (Å²) in [7, 11) is -2.21. The Labute approximate surface area is 429 Å². The zero-order valence-electron chi connectivity index (χ0n) is 40.6. The molecule has 74 heavy (non-hydrogen) atoms. The van der Waals surface area contributed by atoms with Crippen LogP contribution in [0.3, 0.4) is 0 Å². The minimum absolute atomic E-state index is 0.0112. The molecule has 8 aromatic rings. The predicted molar refractivity (Wildman–Crippen MR) is 279 cm³/mol. The number of carbonyl (C=O) groups excluding carboxylic acids is 1. The molecule has 3 saturated heterocycles. The number of anilines is 2. The van der Waals surface area contributed by atoms with Crippen molar-refractivity contribution in [3.63, 3.8) is 0 Å². The first-order valence-corrected chi connectivity index (χ1v) is 27.1. The van der Waals surface area contributed by atoms with Gasteiger partial charge in [0, 0.05) is 19.0 Å². The number of imidazole rings is 1. The molecule has 11 rings (SSSR count). The lowest BCUT2D eigenvalue weighted by atomic mass is 9.80. The summed E-state index contributed by atoms with van der Waals surface area (Å²) in [4.78, 5) is 39.7. The van der Waals surface area contributed by atoms with Crippen molar-refractivity contribution in [2.75, 3.05) is 38.0 Å². The summed E-state index contributed by atoms with van der Waals surface area (Å²) >= 11 is 0. The van der Waals surface area contributed by atoms with Gasteiger partial charge in [-0.15, -0.1) is 0 Å². The van der Waals surface area contributed by atoms with Crippen LogP contribution in [-0.2, 0) is 34.0 Å². The van der Waals surface area contributed by atoms with Crippen LogP contribution in [0.4, 0.5) is 16.2 Å². The molecular formula is C56H53N6O10PS. The number of hydrogen-bond donors (Lipinski definition) is 0. The van der Waals surface area contributed by atoms with E-state index in [4.69, 9.17) is 33.0 Å².